The molecule has 0 atom stereocenters. The quantitative estimate of drug-likeness (QED) is 0.663. The van der Waals surface area contributed by atoms with E-state index >= 15 is 0 Å². The molecule has 6 nitrogen and oxygen atoms in total. The predicted molar refractivity (Wildman–Crippen MR) is 117 cm³/mol. The lowest BCUT2D eigenvalue weighted by Gasteiger charge is -2.13. The molecular weight excluding hydrogens is 364 g/mol. The highest BCUT2D eigenvalue weighted by atomic mass is 16.2. The van der Waals surface area contributed by atoms with Crippen LogP contribution in [0.25, 0.3) is 0 Å². The second-order valence-corrected chi connectivity index (χ2v) is 6.83. The van der Waals surface area contributed by atoms with Crippen LogP contribution in [0.4, 0.5) is 17.1 Å². The largest absolute Gasteiger partial charge is 0.378 e. The smallest absolute Gasteiger partial charge is 0.274 e. The number of rotatable bonds is 6. The number of nitrogens with one attached hydrogen (secondary N) is 2. The Labute approximate surface area is 170 Å². The molecule has 0 saturated carbocycles. The number of hydrogen-bond acceptors (Lipinski definition) is 4. The minimum Gasteiger partial charge on any atom is -0.378 e. The van der Waals surface area contributed by atoms with E-state index in [-0.39, 0.29) is 17.5 Å². The van der Waals surface area contributed by atoms with E-state index in [0.717, 1.165) is 12.1 Å². The summed E-state index contributed by atoms with van der Waals surface area (Å²) < 4.78 is 0. The van der Waals surface area contributed by atoms with Gasteiger partial charge in [-0.25, -0.2) is 0 Å². The molecule has 0 unspecified atom stereocenters. The summed E-state index contributed by atoms with van der Waals surface area (Å²) >= 11 is 0. The van der Waals surface area contributed by atoms with E-state index in [2.05, 4.69) is 22.5 Å². The zero-order valence-corrected chi connectivity index (χ0v) is 16.8. The van der Waals surface area contributed by atoms with E-state index in [9.17, 15) is 9.59 Å². The maximum Gasteiger partial charge on any atom is 0.274 e. The summed E-state index contributed by atoms with van der Waals surface area (Å²) in [6, 6.07) is 18.2. The van der Waals surface area contributed by atoms with Gasteiger partial charge in [0, 0.05) is 42.9 Å². The monoisotopic (exact) mass is 388 g/mol. The number of pyridine rings is 1. The zero-order valence-electron chi connectivity index (χ0n) is 16.8. The molecule has 148 valence electrons. The summed E-state index contributed by atoms with van der Waals surface area (Å²) in [5.74, 6) is -0.661. The van der Waals surface area contributed by atoms with Crippen LogP contribution in [0.1, 0.15) is 33.3 Å². The van der Waals surface area contributed by atoms with Gasteiger partial charge in [-0.15, -0.1) is 0 Å². The molecule has 1 heterocycles. The molecule has 3 aromatic rings. The molecule has 29 heavy (non-hydrogen) atoms. The summed E-state index contributed by atoms with van der Waals surface area (Å²) in [6.07, 6.45) is 2.39. The molecule has 0 aliphatic rings. The summed E-state index contributed by atoms with van der Waals surface area (Å²) in [4.78, 5) is 31.1. The number of aryl methyl sites for hydroxylation is 1. The molecule has 1 aromatic heterocycles. The van der Waals surface area contributed by atoms with Crippen molar-refractivity contribution in [1.29, 1.82) is 0 Å². The van der Waals surface area contributed by atoms with Crippen LogP contribution < -0.4 is 15.5 Å². The Morgan fingerprint density at radius 3 is 2.03 bits per heavy atom. The average molecular weight is 388 g/mol. The topological polar surface area (TPSA) is 74.3 Å². The summed E-state index contributed by atoms with van der Waals surface area (Å²) in [6.45, 7) is 2.07. The van der Waals surface area contributed by atoms with Gasteiger partial charge in [-0.2, -0.15) is 0 Å². The second-order valence-electron chi connectivity index (χ2n) is 6.83. The van der Waals surface area contributed by atoms with E-state index < -0.39 is 0 Å². The number of amides is 2. The molecule has 3 rings (SSSR count). The van der Waals surface area contributed by atoms with E-state index in [1.54, 1.807) is 6.07 Å². The second kappa shape index (κ2) is 9.01. The van der Waals surface area contributed by atoms with Crippen LogP contribution in [-0.2, 0) is 6.42 Å². The fraction of sp³-hybridized carbons (Fsp3) is 0.174. The average Bonchev–Trinajstić information content (AvgIpc) is 2.74. The first-order valence-corrected chi connectivity index (χ1v) is 9.41. The zero-order chi connectivity index (χ0) is 20.8. The number of aromatic nitrogens is 1. The van der Waals surface area contributed by atoms with Gasteiger partial charge in [0.15, 0.2) is 0 Å². The van der Waals surface area contributed by atoms with E-state index in [1.807, 2.05) is 67.5 Å². The Morgan fingerprint density at radius 1 is 0.862 bits per heavy atom. The van der Waals surface area contributed by atoms with Crippen molar-refractivity contribution in [3.05, 3.63) is 83.7 Å². The SMILES string of the molecule is CCc1ccc(NC(=O)c2cc(C(=O)Nc3ccc(N(C)C)cc3)ccn2)cc1. The Hall–Kier alpha value is -3.67. The lowest BCUT2D eigenvalue weighted by Crippen LogP contribution is -2.17. The van der Waals surface area contributed by atoms with Crippen LogP contribution in [-0.4, -0.2) is 30.9 Å². The standard InChI is InChI=1S/C23H24N4O2/c1-4-16-5-7-18(8-6-16)26-23(29)21-15-17(13-14-24-21)22(28)25-19-9-11-20(12-10-19)27(2)3/h5-15H,4H2,1-3H3,(H,25,28)(H,26,29). The van der Waals surface area contributed by atoms with Crippen LogP contribution >= 0.6 is 0 Å². The van der Waals surface area contributed by atoms with Crippen molar-refractivity contribution < 1.29 is 9.59 Å². The third-order valence-electron chi connectivity index (χ3n) is 4.52. The molecule has 0 bridgehead atoms. The third-order valence-corrected chi connectivity index (χ3v) is 4.52. The highest BCUT2D eigenvalue weighted by Crippen LogP contribution is 2.17. The molecule has 0 spiro atoms. The predicted octanol–water partition coefficient (Wildman–Crippen LogP) is 4.21. The molecule has 2 aromatic carbocycles. The van der Waals surface area contributed by atoms with Crippen LogP contribution in [0, 0.1) is 0 Å². The van der Waals surface area contributed by atoms with Crippen molar-refractivity contribution in [2.24, 2.45) is 0 Å². The maximum atomic E-state index is 12.6. The Kier molecular flexibility index (Phi) is 6.24. The van der Waals surface area contributed by atoms with E-state index in [1.165, 1.54) is 17.8 Å². The Bertz CT molecular complexity index is 996. The number of carbonyl (C=O) groups is 2. The lowest BCUT2D eigenvalue weighted by molar-refractivity contribution is 0.102. The van der Waals surface area contributed by atoms with Crippen LogP contribution in [0.2, 0.25) is 0 Å². The first-order valence-electron chi connectivity index (χ1n) is 9.41. The third kappa shape index (κ3) is 5.19. The molecular formula is C23H24N4O2. The fourth-order valence-corrected chi connectivity index (χ4v) is 2.76. The first kappa shape index (κ1) is 20.1. The van der Waals surface area contributed by atoms with Gasteiger partial charge in [-0.05, 0) is 60.5 Å². The van der Waals surface area contributed by atoms with Gasteiger partial charge in [-0.1, -0.05) is 19.1 Å². The molecule has 0 aliphatic carbocycles. The van der Waals surface area contributed by atoms with Gasteiger partial charge < -0.3 is 15.5 Å². The summed E-state index contributed by atoms with van der Waals surface area (Å²) in [5.41, 5.74) is 4.14. The molecule has 0 radical (unpaired) electrons. The molecule has 0 fully saturated rings. The minimum absolute atomic E-state index is 0.181. The Balaban J connectivity index is 1.68. The number of nitrogens with zero attached hydrogens (tertiary/aromatic N) is 2. The minimum atomic E-state index is -0.362. The fourth-order valence-electron chi connectivity index (χ4n) is 2.76. The number of anilines is 3. The normalized spacial score (nSPS) is 10.3. The van der Waals surface area contributed by atoms with Crippen molar-refractivity contribution in [2.75, 3.05) is 29.6 Å². The van der Waals surface area contributed by atoms with Crippen molar-refractivity contribution in [2.45, 2.75) is 13.3 Å². The van der Waals surface area contributed by atoms with Crippen LogP contribution in [0.15, 0.2) is 66.9 Å². The highest BCUT2D eigenvalue weighted by Gasteiger charge is 2.12. The van der Waals surface area contributed by atoms with Gasteiger partial charge in [0.25, 0.3) is 11.8 Å². The molecule has 6 heteroatoms. The van der Waals surface area contributed by atoms with Crippen LogP contribution in [0.3, 0.4) is 0 Å². The van der Waals surface area contributed by atoms with E-state index in [4.69, 9.17) is 0 Å². The van der Waals surface area contributed by atoms with Gasteiger partial charge >= 0.3 is 0 Å². The highest BCUT2D eigenvalue weighted by molar-refractivity contribution is 6.07. The van der Waals surface area contributed by atoms with Gasteiger partial charge in [0.05, 0.1) is 0 Å². The van der Waals surface area contributed by atoms with Crippen LogP contribution in [0.5, 0.6) is 0 Å². The molecule has 0 saturated heterocycles. The van der Waals surface area contributed by atoms with Crippen molar-refractivity contribution in [1.82, 2.24) is 4.98 Å². The maximum absolute atomic E-state index is 12.6. The molecule has 0 aliphatic heterocycles. The first-order chi connectivity index (χ1) is 14.0. The Morgan fingerprint density at radius 2 is 1.45 bits per heavy atom. The lowest BCUT2D eigenvalue weighted by atomic mass is 10.1. The number of hydrogen-bond donors (Lipinski definition) is 2. The van der Waals surface area contributed by atoms with Crippen molar-refractivity contribution in [3.63, 3.8) is 0 Å². The van der Waals surface area contributed by atoms with Crippen molar-refractivity contribution >= 4 is 28.9 Å². The van der Waals surface area contributed by atoms with Crippen molar-refractivity contribution in [3.8, 4) is 0 Å². The summed E-state index contributed by atoms with van der Waals surface area (Å²) in [7, 11) is 3.91. The van der Waals surface area contributed by atoms with Gasteiger partial charge in [0.2, 0.25) is 0 Å². The number of carbonyl (C=O) groups excluding carboxylic acids is 2. The molecule has 2 amide bonds. The van der Waals surface area contributed by atoms with Gasteiger partial charge in [0.1, 0.15) is 5.69 Å². The summed E-state index contributed by atoms with van der Waals surface area (Å²) in [5, 5.41) is 5.64. The number of benzene rings is 2. The van der Waals surface area contributed by atoms with Gasteiger partial charge in [-0.3, -0.25) is 14.6 Å². The molecule has 2 N–H and O–H groups in total. The van der Waals surface area contributed by atoms with E-state index in [0.29, 0.717) is 16.9 Å².